The molecule has 4 aliphatic carbocycles. The van der Waals surface area contributed by atoms with Gasteiger partial charge in [-0.25, -0.2) is 0 Å². The van der Waals surface area contributed by atoms with E-state index in [0.29, 0.717) is 10.8 Å². The van der Waals surface area contributed by atoms with Gasteiger partial charge in [0.25, 0.3) is 0 Å². The van der Waals surface area contributed by atoms with Crippen molar-refractivity contribution in [2.24, 2.45) is 28.6 Å². The van der Waals surface area contributed by atoms with Gasteiger partial charge in [-0.15, -0.1) is 19.2 Å². The Kier molecular flexibility index (Phi) is 11.3. The van der Waals surface area contributed by atoms with Crippen LogP contribution in [0, 0.1) is 28.6 Å². The molecule has 0 bridgehead atoms. The van der Waals surface area contributed by atoms with Crippen molar-refractivity contribution in [2.45, 2.75) is 107 Å². The molecule has 172 valence electrons. The molecule has 0 N–H and O–H groups in total. The normalized spacial score (nSPS) is 37.2. The number of rotatable bonds is 0. The molecule has 0 amide bonds. The van der Waals surface area contributed by atoms with Gasteiger partial charge in [0.1, 0.15) is 0 Å². The zero-order valence-corrected chi connectivity index (χ0v) is 22.2. The third-order valence-corrected chi connectivity index (χ3v) is 8.30. The van der Waals surface area contributed by atoms with E-state index < -0.39 is 0 Å². The van der Waals surface area contributed by atoms with Crippen molar-refractivity contribution < 1.29 is 0 Å². The molecule has 4 rings (SSSR count). The van der Waals surface area contributed by atoms with Crippen molar-refractivity contribution in [2.75, 3.05) is 0 Å². The molecule has 0 aromatic heterocycles. The first-order valence-electron chi connectivity index (χ1n) is 12.6. The first-order valence-corrected chi connectivity index (χ1v) is 13.1. The highest BCUT2D eigenvalue weighted by Gasteiger charge is 2.56. The van der Waals surface area contributed by atoms with E-state index in [2.05, 4.69) is 72.1 Å². The van der Waals surface area contributed by atoms with Crippen LogP contribution in [0.5, 0.6) is 0 Å². The Balaban J connectivity index is 0.000000496. The van der Waals surface area contributed by atoms with Gasteiger partial charge in [0.2, 0.25) is 0 Å². The Bertz CT molecular complexity index is 637. The Morgan fingerprint density at radius 2 is 1.60 bits per heavy atom. The lowest BCUT2D eigenvalue weighted by atomic mass is 9.48. The van der Waals surface area contributed by atoms with Gasteiger partial charge >= 0.3 is 0 Å². The molecule has 0 aromatic rings. The van der Waals surface area contributed by atoms with E-state index in [1.165, 1.54) is 56.3 Å². The van der Waals surface area contributed by atoms with Crippen LogP contribution in [0.15, 0.2) is 46.9 Å². The fourth-order valence-corrected chi connectivity index (χ4v) is 6.88. The van der Waals surface area contributed by atoms with Crippen LogP contribution < -0.4 is 0 Å². The summed E-state index contributed by atoms with van der Waals surface area (Å²) in [6.45, 7) is 20.9. The Labute approximate surface area is 194 Å². The lowest BCUT2D eigenvalue weighted by molar-refractivity contribution is -0.00590. The molecular weight excluding hydrogens is 380 g/mol. The average molecular weight is 431 g/mol. The summed E-state index contributed by atoms with van der Waals surface area (Å²) in [5, 5.41) is 0. The third kappa shape index (κ3) is 5.37. The molecule has 5 atom stereocenters. The fraction of sp³-hybridized carbons (Fsp3) is 0.724. The van der Waals surface area contributed by atoms with Gasteiger partial charge in [0, 0.05) is 0 Å². The van der Waals surface area contributed by atoms with Crippen LogP contribution in [0.1, 0.15) is 107 Å². The second kappa shape index (κ2) is 12.4. The van der Waals surface area contributed by atoms with E-state index >= 15 is 0 Å². The van der Waals surface area contributed by atoms with Crippen LogP contribution >= 0.6 is 12.6 Å². The van der Waals surface area contributed by atoms with Gasteiger partial charge in [0.15, 0.2) is 0 Å². The van der Waals surface area contributed by atoms with Gasteiger partial charge in [-0.1, -0.05) is 71.8 Å². The molecule has 2 saturated carbocycles. The molecule has 2 fully saturated rings. The molecule has 0 radical (unpaired) electrons. The summed E-state index contributed by atoms with van der Waals surface area (Å²) in [7, 11) is 0. The largest absolute Gasteiger partial charge is 0.148 e. The lowest BCUT2D eigenvalue weighted by Gasteiger charge is -2.56. The van der Waals surface area contributed by atoms with Crippen LogP contribution in [0.2, 0.25) is 0 Å². The minimum atomic E-state index is 0.426. The molecule has 0 spiro atoms. The highest BCUT2D eigenvalue weighted by molar-refractivity contribution is 7.84. The molecule has 30 heavy (non-hydrogen) atoms. The van der Waals surface area contributed by atoms with Gasteiger partial charge in [-0.05, 0) is 104 Å². The van der Waals surface area contributed by atoms with Crippen molar-refractivity contribution in [1.29, 1.82) is 0 Å². The highest BCUT2D eigenvalue weighted by Crippen LogP contribution is 2.65. The quantitative estimate of drug-likeness (QED) is 0.287. The number of allylic oxidation sites excluding steroid dienone is 7. The number of hydrogen-bond acceptors (Lipinski definition) is 1. The zero-order chi connectivity index (χ0) is 22.9. The second-order valence-corrected chi connectivity index (χ2v) is 10.3. The number of fused-ring (bicyclic) bond motifs is 5. The zero-order valence-electron chi connectivity index (χ0n) is 21.4. The van der Waals surface area contributed by atoms with Gasteiger partial charge in [-0.2, -0.15) is 0 Å². The minimum absolute atomic E-state index is 0.426. The lowest BCUT2D eigenvalue weighted by Crippen LogP contribution is -2.48. The Morgan fingerprint density at radius 1 is 1.03 bits per heavy atom. The second-order valence-electron chi connectivity index (χ2n) is 9.75. The number of thiol groups is 1. The number of hydrogen-bond donors (Lipinski definition) is 1. The summed E-state index contributed by atoms with van der Waals surface area (Å²) in [6, 6.07) is 0. The van der Waals surface area contributed by atoms with Gasteiger partial charge < -0.3 is 0 Å². The fourth-order valence-electron chi connectivity index (χ4n) is 6.63. The van der Waals surface area contributed by atoms with Crippen LogP contribution in [0.25, 0.3) is 0 Å². The third-order valence-electron chi connectivity index (χ3n) is 7.94. The Morgan fingerprint density at radius 3 is 2.17 bits per heavy atom. The van der Waals surface area contributed by atoms with E-state index in [4.69, 9.17) is 0 Å². The first kappa shape index (κ1) is 27.3. The van der Waals surface area contributed by atoms with E-state index in [1.54, 1.807) is 17.2 Å². The highest BCUT2D eigenvalue weighted by atomic mass is 32.1. The van der Waals surface area contributed by atoms with Crippen LogP contribution in [-0.4, -0.2) is 0 Å². The molecule has 0 aromatic carbocycles. The van der Waals surface area contributed by atoms with Gasteiger partial charge in [0.05, 0.1) is 0 Å². The van der Waals surface area contributed by atoms with Crippen LogP contribution in [0.4, 0.5) is 0 Å². The maximum Gasteiger partial charge on any atom is -0.00437 e. The SMILES string of the molecule is C/C=C1/CCC2C3CC=C4C=C(S)CCC4(C)C3CCC12C.C=CC.CC.CCC. The molecule has 0 saturated heterocycles. The molecule has 0 nitrogen and oxygen atoms in total. The van der Waals surface area contributed by atoms with Crippen molar-refractivity contribution in [3.05, 3.63) is 46.9 Å². The molecule has 0 heterocycles. The summed E-state index contributed by atoms with van der Waals surface area (Å²) >= 11 is 4.64. The minimum Gasteiger partial charge on any atom is -0.148 e. The first-order chi connectivity index (χ1) is 14.3. The molecule has 5 unspecified atom stereocenters. The molecule has 0 aliphatic heterocycles. The summed E-state index contributed by atoms with van der Waals surface area (Å²) in [4.78, 5) is 1.29. The molecular formula is C29H50S. The summed E-state index contributed by atoms with van der Waals surface area (Å²) in [6.07, 6.45) is 19.8. The predicted octanol–water partition coefficient (Wildman–Crippen LogP) is 9.95. The van der Waals surface area contributed by atoms with E-state index in [0.717, 1.165) is 17.8 Å². The van der Waals surface area contributed by atoms with Crippen molar-refractivity contribution in [1.82, 2.24) is 0 Å². The maximum atomic E-state index is 4.64. The van der Waals surface area contributed by atoms with Crippen molar-refractivity contribution >= 4 is 12.6 Å². The standard InChI is InChI=1S/C21H30S.C3H8.C3H6.C2H6/c1-4-14-6-8-18-17-7-5-15-13-16(22)9-11-21(15,3)19(17)10-12-20(14,18)2;2*1-3-2;1-2/h4-5,13,17-19,22H,6-12H2,1-3H3;3H2,1-2H3;3H,1H2,2H3;1-2H3/b14-4-;;;. The van der Waals surface area contributed by atoms with Crippen molar-refractivity contribution in [3.63, 3.8) is 0 Å². The van der Waals surface area contributed by atoms with E-state index in [1.807, 2.05) is 20.8 Å². The topological polar surface area (TPSA) is 0 Å². The molecule has 1 heteroatoms. The Hall–Kier alpha value is -0.690. The van der Waals surface area contributed by atoms with Gasteiger partial charge in [-0.3, -0.25) is 0 Å². The summed E-state index contributed by atoms with van der Waals surface area (Å²) < 4.78 is 0. The van der Waals surface area contributed by atoms with E-state index in [-0.39, 0.29) is 0 Å². The van der Waals surface area contributed by atoms with Crippen molar-refractivity contribution in [3.8, 4) is 0 Å². The predicted molar refractivity (Wildman–Crippen MR) is 141 cm³/mol. The monoisotopic (exact) mass is 430 g/mol. The maximum absolute atomic E-state index is 4.64. The molecule has 4 aliphatic rings. The van der Waals surface area contributed by atoms with Crippen LogP contribution in [0.3, 0.4) is 0 Å². The van der Waals surface area contributed by atoms with E-state index in [9.17, 15) is 0 Å². The summed E-state index contributed by atoms with van der Waals surface area (Å²) in [5.74, 6) is 2.74. The average Bonchev–Trinajstić information content (AvgIpc) is 3.07. The van der Waals surface area contributed by atoms with Crippen LogP contribution in [-0.2, 0) is 0 Å². The summed E-state index contributed by atoms with van der Waals surface area (Å²) in [5.41, 5.74) is 4.31. The smallest absolute Gasteiger partial charge is 0.00437 e.